The fraction of sp³-hybridized carbons (Fsp3) is 1.00. The minimum Gasteiger partial charge on any atom is -0.379 e. The van der Waals surface area contributed by atoms with Gasteiger partial charge >= 0.3 is 6.00 Å². The second kappa shape index (κ2) is 51.7. The summed E-state index contributed by atoms with van der Waals surface area (Å²) in [6.45, 7) is 13.4. The van der Waals surface area contributed by atoms with Gasteiger partial charge < -0.3 is 37.9 Å². The molecule has 1 unspecified atom stereocenters. The average molecular weight is 941 g/mol. The molecule has 0 spiro atoms. The molecule has 0 heterocycles. The Bertz CT molecular complexity index is 778. The van der Waals surface area contributed by atoms with E-state index in [0.29, 0.717) is 91.9 Å². The maximum Gasteiger partial charge on any atom is 0.341 e. The third kappa shape index (κ3) is 55.2. The molecule has 59 heavy (non-hydrogen) atoms. The van der Waals surface area contributed by atoms with Crippen molar-refractivity contribution in [3.63, 3.8) is 0 Å². The van der Waals surface area contributed by atoms with E-state index >= 15 is 0 Å². The Morgan fingerprint density at radius 2 is 0.661 bits per heavy atom. The number of ether oxygens (including phenoxy) is 8. The molecule has 356 valence electrons. The van der Waals surface area contributed by atoms with Gasteiger partial charge in [-0.2, -0.15) is 11.8 Å². The molecule has 0 aliphatic carbocycles. The third-order valence-electron chi connectivity index (χ3n) is 10.1. The van der Waals surface area contributed by atoms with Crippen LogP contribution in [0.25, 0.3) is 0 Å². The van der Waals surface area contributed by atoms with Crippen LogP contribution in [0.4, 0.5) is 0 Å². The first kappa shape index (κ1) is 60.1. The number of rotatable bonds is 53. The van der Waals surface area contributed by atoms with Crippen molar-refractivity contribution < 1.29 is 37.9 Å². The maximum absolute atomic E-state index is 6.26. The lowest BCUT2D eigenvalue weighted by Crippen LogP contribution is -2.27. The van der Waals surface area contributed by atoms with Crippen LogP contribution in [0.5, 0.6) is 0 Å². The molecule has 0 rings (SSSR count). The van der Waals surface area contributed by atoms with Gasteiger partial charge in [0.2, 0.25) is 0 Å². The second-order valence-corrected chi connectivity index (χ2v) is 26.3. The predicted molar refractivity (Wildman–Crippen MR) is 258 cm³/mol. The Balaban J connectivity index is 3.85. The van der Waals surface area contributed by atoms with E-state index < -0.39 is 6.00 Å². The molecule has 0 aromatic heterocycles. The summed E-state index contributed by atoms with van der Waals surface area (Å²) >= 11 is 19.5. The van der Waals surface area contributed by atoms with Crippen LogP contribution in [0.15, 0.2) is 0 Å². The molecule has 0 saturated heterocycles. The second-order valence-electron chi connectivity index (χ2n) is 15.8. The zero-order chi connectivity index (χ0) is 42.8. The smallest absolute Gasteiger partial charge is 0.341 e. The standard InChI is InChI=1S/C46H93Cl3O8SSi/c1-3-5-7-9-11-13-15-17-19-21-23-25-28-55-44-46(57-29-26-24-22-20-18-16-14-12-10-8-6-4-2)45-56-39-38-53-35-34-51-31-30-50-32-33-52-36-37-54-40-42-58-41-27-43-59(47,48)49/h46H,3-45H2,1-2H3. The average Bonchev–Trinajstić information content (AvgIpc) is 3.22. The lowest BCUT2D eigenvalue weighted by molar-refractivity contribution is -0.0702. The molecule has 0 amide bonds. The van der Waals surface area contributed by atoms with Crippen molar-refractivity contribution in [1.82, 2.24) is 0 Å². The van der Waals surface area contributed by atoms with E-state index in [4.69, 9.17) is 71.1 Å². The van der Waals surface area contributed by atoms with Crippen LogP contribution >= 0.6 is 45.0 Å². The number of halogens is 3. The van der Waals surface area contributed by atoms with Gasteiger partial charge in [-0.25, -0.2) is 0 Å². The van der Waals surface area contributed by atoms with Gasteiger partial charge in [-0.05, 0) is 31.1 Å². The molecular weight excluding hydrogens is 847 g/mol. The molecule has 0 aromatic carbocycles. The molecular formula is C46H93Cl3O8SSi. The van der Waals surface area contributed by atoms with Crippen molar-refractivity contribution in [1.29, 1.82) is 0 Å². The summed E-state index contributed by atoms with van der Waals surface area (Å²) in [4.78, 5) is 0. The van der Waals surface area contributed by atoms with Gasteiger partial charge in [-0.1, -0.05) is 155 Å². The van der Waals surface area contributed by atoms with Gasteiger partial charge in [-0.3, -0.25) is 0 Å². The monoisotopic (exact) mass is 939 g/mol. The summed E-state index contributed by atoms with van der Waals surface area (Å²) in [6, 6.07) is -1.76. The summed E-state index contributed by atoms with van der Waals surface area (Å²) in [5, 5.41) is 0. The molecule has 0 N–H and O–H groups in total. The van der Waals surface area contributed by atoms with Crippen molar-refractivity contribution in [2.75, 3.05) is 111 Å². The van der Waals surface area contributed by atoms with Gasteiger partial charge in [0.1, 0.15) is 6.10 Å². The summed E-state index contributed by atoms with van der Waals surface area (Å²) in [7, 11) is 0. The van der Waals surface area contributed by atoms with Crippen LogP contribution in [-0.4, -0.2) is 123 Å². The van der Waals surface area contributed by atoms with Crippen LogP contribution in [-0.2, 0) is 37.9 Å². The van der Waals surface area contributed by atoms with Crippen molar-refractivity contribution in [2.45, 2.75) is 187 Å². The summed E-state index contributed by atoms with van der Waals surface area (Å²) in [5.74, 6) is 1.93. The van der Waals surface area contributed by atoms with Gasteiger partial charge in [0, 0.05) is 19.0 Å². The molecule has 0 aliphatic heterocycles. The molecule has 0 fully saturated rings. The molecule has 0 aliphatic rings. The lowest BCUT2D eigenvalue weighted by atomic mass is 10.1. The first-order valence-electron chi connectivity index (χ1n) is 24.3. The zero-order valence-electron chi connectivity index (χ0n) is 38.3. The highest BCUT2D eigenvalue weighted by molar-refractivity contribution is 7.99. The molecule has 0 saturated carbocycles. The minimum absolute atomic E-state index is 0.0321. The molecule has 13 heteroatoms. The van der Waals surface area contributed by atoms with Crippen LogP contribution in [0, 0.1) is 0 Å². The van der Waals surface area contributed by atoms with Gasteiger partial charge in [0.05, 0.1) is 85.9 Å². The van der Waals surface area contributed by atoms with Gasteiger partial charge in [0.25, 0.3) is 0 Å². The number of hydrogen-bond acceptors (Lipinski definition) is 9. The molecule has 0 bridgehead atoms. The van der Waals surface area contributed by atoms with Gasteiger partial charge in [-0.15, -0.1) is 33.2 Å². The van der Waals surface area contributed by atoms with Crippen LogP contribution in [0.2, 0.25) is 6.04 Å². The van der Waals surface area contributed by atoms with Crippen molar-refractivity contribution >= 4 is 51.0 Å². The maximum atomic E-state index is 6.26. The fourth-order valence-corrected chi connectivity index (χ4v) is 9.33. The number of hydrogen-bond donors (Lipinski definition) is 0. The summed E-state index contributed by atoms with van der Waals surface area (Å²) < 4.78 is 46.3. The quantitative estimate of drug-likeness (QED) is 0.0337. The first-order chi connectivity index (χ1) is 29.0. The topological polar surface area (TPSA) is 73.8 Å². The summed E-state index contributed by atoms with van der Waals surface area (Å²) in [6.07, 6.45) is 33.3. The lowest BCUT2D eigenvalue weighted by Gasteiger charge is -2.18. The van der Waals surface area contributed by atoms with Crippen molar-refractivity contribution in [2.24, 2.45) is 0 Å². The van der Waals surface area contributed by atoms with E-state index in [2.05, 4.69) is 13.8 Å². The van der Waals surface area contributed by atoms with Crippen LogP contribution in [0.1, 0.15) is 174 Å². The third-order valence-corrected chi connectivity index (χ3v) is 13.7. The Morgan fingerprint density at radius 1 is 0.339 bits per heavy atom. The highest BCUT2D eigenvalue weighted by Crippen LogP contribution is 2.27. The van der Waals surface area contributed by atoms with Gasteiger partial charge in [0.15, 0.2) is 0 Å². The van der Waals surface area contributed by atoms with Crippen LogP contribution in [0.3, 0.4) is 0 Å². The largest absolute Gasteiger partial charge is 0.379 e. The molecule has 8 nitrogen and oxygen atoms in total. The van der Waals surface area contributed by atoms with E-state index in [1.165, 1.54) is 141 Å². The predicted octanol–water partition coefficient (Wildman–Crippen LogP) is 13.7. The van der Waals surface area contributed by atoms with E-state index in [1.54, 1.807) is 0 Å². The SMILES string of the molecule is CCCCCCCCCCCCCCOCC(COCCOCCOCCOCCOCCOCCSCCC[Si](Cl)(Cl)Cl)OCCCCCCCCCCCCCC. The minimum atomic E-state index is -2.47. The van der Waals surface area contributed by atoms with E-state index in [1.807, 2.05) is 11.8 Å². The first-order valence-corrected chi connectivity index (χ1v) is 30.7. The highest BCUT2D eigenvalue weighted by Gasteiger charge is 2.23. The van der Waals surface area contributed by atoms with E-state index in [0.717, 1.165) is 44.0 Å². The Hall–Kier alpha value is 1.12. The Morgan fingerprint density at radius 3 is 1.05 bits per heavy atom. The highest BCUT2D eigenvalue weighted by atomic mass is 35.8. The van der Waals surface area contributed by atoms with E-state index in [-0.39, 0.29) is 6.10 Å². The zero-order valence-corrected chi connectivity index (χ0v) is 42.4. The summed E-state index contributed by atoms with van der Waals surface area (Å²) in [5.41, 5.74) is 0. The van der Waals surface area contributed by atoms with Crippen LogP contribution < -0.4 is 0 Å². The number of thioether (sulfide) groups is 1. The van der Waals surface area contributed by atoms with E-state index in [9.17, 15) is 0 Å². The van der Waals surface area contributed by atoms with Crippen molar-refractivity contribution in [3.8, 4) is 0 Å². The number of unbranched alkanes of at least 4 members (excludes halogenated alkanes) is 22. The fourth-order valence-electron chi connectivity index (χ4n) is 6.51. The van der Waals surface area contributed by atoms with Crippen molar-refractivity contribution in [3.05, 3.63) is 0 Å². The Kier molecular flexibility index (Phi) is 52.7. The Labute approximate surface area is 384 Å². The molecule has 0 aromatic rings. The normalized spacial score (nSPS) is 12.6. The molecule has 1 atom stereocenters. The molecule has 0 radical (unpaired) electrons.